The van der Waals surface area contributed by atoms with E-state index in [0.29, 0.717) is 33.2 Å². The third-order valence-corrected chi connectivity index (χ3v) is 10.3. The van der Waals surface area contributed by atoms with Crippen LogP contribution in [0.5, 0.6) is 0 Å². The van der Waals surface area contributed by atoms with Gasteiger partial charge in [-0.15, -0.1) is 11.3 Å². The minimum absolute atomic E-state index is 0.0616. The minimum atomic E-state index is -4.71. The lowest BCUT2D eigenvalue weighted by molar-refractivity contribution is -0.144. The van der Waals surface area contributed by atoms with E-state index < -0.39 is 17.8 Å². The molecule has 0 radical (unpaired) electrons. The average molecular weight is 600 g/mol. The van der Waals surface area contributed by atoms with E-state index in [2.05, 4.69) is 22.2 Å². The Kier molecular flexibility index (Phi) is 6.73. The number of pyridine rings is 2. The number of likely N-dealkylation sites (tertiary alicyclic amines) is 1. The van der Waals surface area contributed by atoms with Crippen LogP contribution in [0.1, 0.15) is 60.1 Å². The Morgan fingerprint density at radius 1 is 1.19 bits per heavy atom. The average Bonchev–Trinajstić information content (AvgIpc) is 3.16. The minimum Gasteiger partial charge on any atom is -0.337 e. The fourth-order valence-electron chi connectivity index (χ4n) is 6.51. The number of imide groups is 1. The number of rotatable bonds is 5. The van der Waals surface area contributed by atoms with Crippen LogP contribution in [0.15, 0.2) is 24.4 Å². The molecule has 0 aromatic carbocycles. The van der Waals surface area contributed by atoms with Crippen molar-refractivity contribution in [2.45, 2.75) is 65.3 Å². The van der Waals surface area contributed by atoms with E-state index in [1.807, 2.05) is 13.8 Å². The second-order valence-electron chi connectivity index (χ2n) is 12.3. The van der Waals surface area contributed by atoms with Crippen LogP contribution < -0.4 is 5.32 Å². The molecule has 2 saturated heterocycles. The molecule has 5 heterocycles. The van der Waals surface area contributed by atoms with Gasteiger partial charge >= 0.3 is 6.18 Å². The Bertz CT molecular complexity index is 1600. The summed E-state index contributed by atoms with van der Waals surface area (Å²) in [4.78, 5) is 51.7. The highest BCUT2D eigenvalue weighted by Gasteiger charge is 2.72. The van der Waals surface area contributed by atoms with Crippen LogP contribution in [-0.2, 0) is 22.3 Å². The first-order chi connectivity index (χ1) is 19.7. The summed E-state index contributed by atoms with van der Waals surface area (Å²) in [7, 11) is 1.67. The molecule has 4 unspecified atom stereocenters. The highest BCUT2D eigenvalue weighted by atomic mass is 32.1. The Hall–Kier alpha value is -3.38. The monoisotopic (exact) mass is 599 g/mol. The lowest BCUT2D eigenvalue weighted by Crippen LogP contribution is -2.49. The molecule has 3 fully saturated rings. The number of hydrogen-bond acceptors (Lipinski definition) is 7. The zero-order chi connectivity index (χ0) is 30.3. The van der Waals surface area contributed by atoms with Crippen molar-refractivity contribution in [3.8, 4) is 11.3 Å². The molecule has 222 valence electrons. The van der Waals surface area contributed by atoms with Gasteiger partial charge in [-0.3, -0.25) is 24.3 Å². The van der Waals surface area contributed by atoms with Gasteiger partial charge in [0.25, 0.3) is 5.91 Å². The molecule has 3 aromatic rings. The number of aromatic nitrogens is 2. The summed E-state index contributed by atoms with van der Waals surface area (Å²) in [6.07, 6.45) is -1.59. The SMILES string of the molecule is Cc1cc(C(F)(F)F)nc(-c2ccnc3cc(CN4C(=O)C5C(C4=O)C5(C)C)sc23)c1C(=O)N(C)C1CCC(C)NC1. The van der Waals surface area contributed by atoms with Crippen molar-refractivity contribution < 1.29 is 27.6 Å². The van der Waals surface area contributed by atoms with Crippen molar-refractivity contribution in [1.82, 2.24) is 25.1 Å². The maximum atomic E-state index is 13.9. The van der Waals surface area contributed by atoms with E-state index in [1.54, 1.807) is 24.1 Å². The smallest absolute Gasteiger partial charge is 0.337 e. The van der Waals surface area contributed by atoms with Crippen LogP contribution in [-0.4, -0.2) is 63.2 Å². The number of nitrogens with one attached hydrogen (secondary N) is 1. The van der Waals surface area contributed by atoms with E-state index in [0.717, 1.165) is 18.9 Å². The number of halogens is 3. The Morgan fingerprint density at radius 3 is 2.50 bits per heavy atom. The molecule has 0 spiro atoms. The molecule has 1 saturated carbocycles. The van der Waals surface area contributed by atoms with Gasteiger partial charge in [0.15, 0.2) is 0 Å². The van der Waals surface area contributed by atoms with Crippen molar-refractivity contribution in [1.29, 1.82) is 0 Å². The maximum absolute atomic E-state index is 13.9. The highest BCUT2D eigenvalue weighted by molar-refractivity contribution is 7.19. The van der Waals surface area contributed by atoms with E-state index in [-0.39, 0.29) is 58.5 Å². The first-order valence-corrected chi connectivity index (χ1v) is 14.8. The number of thiophene rings is 1. The summed E-state index contributed by atoms with van der Waals surface area (Å²) in [6, 6.07) is 4.44. The summed E-state index contributed by atoms with van der Waals surface area (Å²) in [5.74, 6) is -1.41. The van der Waals surface area contributed by atoms with Crippen LogP contribution in [0.4, 0.5) is 13.2 Å². The number of carbonyl (C=O) groups excluding carboxylic acids is 3. The fourth-order valence-corrected chi connectivity index (χ4v) is 7.62. The van der Waals surface area contributed by atoms with Crippen LogP contribution in [0.25, 0.3) is 21.5 Å². The van der Waals surface area contributed by atoms with Crippen molar-refractivity contribution in [2.24, 2.45) is 17.3 Å². The second-order valence-corrected chi connectivity index (χ2v) is 13.5. The molecule has 3 aliphatic rings. The maximum Gasteiger partial charge on any atom is 0.433 e. The van der Waals surface area contributed by atoms with Crippen LogP contribution in [0.3, 0.4) is 0 Å². The van der Waals surface area contributed by atoms with Crippen molar-refractivity contribution in [3.63, 3.8) is 0 Å². The molecule has 0 bridgehead atoms. The highest BCUT2D eigenvalue weighted by Crippen LogP contribution is 2.63. The number of fused-ring (bicyclic) bond motifs is 2. The largest absolute Gasteiger partial charge is 0.433 e. The first-order valence-electron chi connectivity index (χ1n) is 14.0. The van der Waals surface area contributed by atoms with Crippen molar-refractivity contribution in [3.05, 3.63) is 46.1 Å². The van der Waals surface area contributed by atoms with Gasteiger partial charge in [0.1, 0.15) is 5.69 Å². The van der Waals surface area contributed by atoms with Gasteiger partial charge in [0.05, 0.1) is 39.9 Å². The molecule has 3 amide bonds. The number of amides is 3. The lowest BCUT2D eigenvalue weighted by Gasteiger charge is -2.35. The lowest BCUT2D eigenvalue weighted by atomic mass is 9.97. The molecule has 2 aliphatic heterocycles. The van der Waals surface area contributed by atoms with Gasteiger partial charge < -0.3 is 10.2 Å². The quantitative estimate of drug-likeness (QED) is 0.413. The molecular formula is C30H32F3N5O3S. The first kappa shape index (κ1) is 28.7. The molecule has 4 atom stereocenters. The third-order valence-electron chi connectivity index (χ3n) is 9.15. The van der Waals surface area contributed by atoms with Crippen molar-refractivity contribution in [2.75, 3.05) is 13.6 Å². The molecule has 12 heteroatoms. The molecular weight excluding hydrogens is 567 g/mol. The Labute approximate surface area is 245 Å². The standard InChI is InChI=1S/C30H32F3N5O3S/c1-14-10-20(30(31,32)33)36-24(21(14)26(39)37(5)16-7-6-15(2)35-12-16)18-8-9-34-19-11-17(42-25(18)19)13-38-27(40)22-23(28(38)41)29(22,3)4/h8-11,15-16,22-23,35H,6-7,12-13H2,1-5H3. The van der Waals surface area contributed by atoms with Gasteiger partial charge in [-0.25, -0.2) is 4.98 Å². The predicted octanol–water partition coefficient (Wildman–Crippen LogP) is 5.04. The van der Waals surface area contributed by atoms with Crippen molar-refractivity contribution >= 4 is 39.3 Å². The zero-order valence-electron chi connectivity index (χ0n) is 24.0. The van der Waals surface area contributed by atoms with E-state index in [1.165, 1.54) is 29.4 Å². The van der Waals surface area contributed by atoms with Gasteiger partial charge in [0, 0.05) is 42.3 Å². The van der Waals surface area contributed by atoms with Gasteiger partial charge in [-0.2, -0.15) is 13.2 Å². The molecule has 42 heavy (non-hydrogen) atoms. The molecule has 1 aliphatic carbocycles. The zero-order valence-corrected chi connectivity index (χ0v) is 24.8. The number of nitrogens with zero attached hydrogens (tertiary/aromatic N) is 4. The molecule has 6 rings (SSSR count). The van der Waals surface area contributed by atoms with Gasteiger partial charge in [-0.1, -0.05) is 13.8 Å². The normalized spacial score (nSPS) is 25.2. The number of alkyl halides is 3. The number of aryl methyl sites for hydroxylation is 1. The number of likely N-dealkylation sites (N-methyl/N-ethyl adjacent to an activating group) is 1. The summed E-state index contributed by atoms with van der Waals surface area (Å²) in [5.41, 5.74) is -0.342. The fraction of sp³-hybridized carbons (Fsp3) is 0.500. The summed E-state index contributed by atoms with van der Waals surface area (Å²) < 4.78 is 42.4. The van der Waals surface area contributed by atoms with E-state index >= 15 is 0 Å². The van der Waals surface area contributed by atoms with Crippen LogP contribution >= 0.6 is 11.3 Å². The summed E-state index contributed by atoms with van der Waals surface area (Å²) in [6.45, 7) is 8.05. The molecule has 1 N–H and O–H groups in total. The van der Waals surface area contributed by atoms with Gasteiger partial charge in [0.2, 0.25) is 11.8 Å². The topological polar surface area (TPSA) is 95.5 Å². The number of piperidine rings is 2. The Morgan fingerprint density at radius 2 is 1.88 bits per heavy atom. The van der Waals surface area contributed by atoms with Gasteiger partial charge in [-0.05, 0) is 55.9 Å². The van der Waals surface area contributed by atoms with Crippen LogP contribution in [0.2, 0.25) is 0 Å². The summed E-state index contributed by atoms with van der Waals surface area (Å²) in [5, 5.41) is 3.36. The molecule has 3 aromatic heterocycles. The third kappa shape index (κ3) is 4.59. The van der Waals surface area contributed by atoms with E-state index in [4.69, 9.17) is 0 Å². The van der Waals surface area contributed by atoms with Crippen LogP contribution in [0, 0.1) is 24.2 Å². The molecule has 8 nitrogen and oxygen atoms in total. The number of hydrogen-bond donors (Lipinski definition) is 1. The second kappa shape index (κ2) is 9.84. The predicted molar refractivity (Wildman–Crippen MR) is 151 cm³/mol. The number of carbonyl (C=O) groups is 3. The summed E-state index contributed by atoms with van der Waals surface area (Å²) >= 11 is 1.24. The van der Waals surface area contributed by atoms with E-state index in [9.17, 15) is 27.6 Å². The Balaban J connectivity index is 1.40.